The van der Waals surface area contributed by atoms with Crippen LogP contribution in [0.25, 0.3) is 0 Å². The molecule has 0 saturated heterocycles. The molecule has 0 aliphatic carbocycles. The van der Waals surface area contributed by atoms with Gasteiger partial charge in [-0.2, -0.15) is 11.8 Å². The lowest BCUT2D eigenvalue weighted by Gasteiger charge is -2.22. The van der Waals surface area contributed by atoms with Gasteiger partial charge >= 0.3 is 11.9 Å². The molecule has 5 atom stereocenters. The second-order valence-corrected chi connectivity index (χ2v) is 9.31. The van der Waals surface area contributed by atoms with Crippen molar-refractivity contribution in [3.8, 4) is 0 Å². The van der Waals surface area contributed by atoms with E-state index in [1.807, 2.05) is 20.1 Å². The molecule has 10 heteroatoms. The van der Waals surface area contributed by atoms with Gasteiger partial charge in [0.25, 0.3) is 0 Å². The Kier molecular flexibility index (Phi) is 14.3. The van der Waals surface area contributed by atoms with Crippen molar-refractivity contribution >= 4 is 35.5 Å². The number of esters is 2. The molecule has 2 N–H and O–H groups in total. The monoisotopic (exact) mass is 498 g/mol. The lowest BCUT2D eigenvalue weighted by molar-refractivity contribution is -0.152. The second-order valence-electron chi connectivity index (χ2n) is 8.33. The van der Waals surface area contributed by atoms with Crippen LogP contribution >= 0.6 is 11.8 Å². The van der Waals surface area contributed by atoms with Crippen LogP contribution < -0.4 is 10.6 Å². The minimum atomic E-state index is -0.779. The van der Waals surface area contributed by atoms with E-state index in [2.05, 4.69) is 10.6 Å². The third-order valence-corrected chi connectivity index (χ3v) is 5.88. The second kappa shape index (κ2) is 16.3. The maximum absolute atomic E-state index is 12.7. The number of methoxy groups -OCH3 is 1. The van der Waals surface area contributed by atoms with Crippen molar-refractivity contribution in [2.45, 2.75) is 58.2 Å². The molecular formula is C24H38N2O7S. The van der Waals surface area contributed by atoms with E-state index in [0.717, 1.165) is 0 Å². The van der Waals surface area contributed by atoms with Crippen LogP contribution in [0.3, 0.4) is 0 Å². The largest absolute Gasteiger partial charge is 0.464 e. The highest BCUT2D eigenvalue weighted by atomic mass is 32.2. The maximum atomic E-state index is 12.7. The summed E-state index contributed by atoms with van der Waals surface area (Å²) in [6.07, 6.45) is 9.03. The van der Waals surface area contributed by atoms with E-state index in [4.69, 9.17) is 14.2 Å². The smallest absolute Gasteiger partial charge is 0.328 e. The zero-order valence-electron chi connectivity index (χ0n) is 20.7. The molecular weight excluding hydrogens is 460 g/mol. The van der Waals surface area contributed by atoms with Crippen LogP contribution in [0.1, 0.15) is 40.0 Å². The summed E-state index contributed by atoms with van der Waals surface area (Å²) in [6.45, 7) is 5.42. The SMILES string of the molecule is CO[C@@H]1COC(=O)[C@H](CCSC)NC(=O)C/C=C/[C@@H](C)COC(=O)[C@H](C)NC(=O)C/C=C/[C@H]1C. The van der Waals surface area contributed by atoms with Crippen molar-refractivity contribution in [2.24, 2.45) is 11.8 Å². The van der Waals surface area contributed by atoms with Crippen molar-refractivity contribution in [1.29, 1.82) is 0 Å². The van der Waals surface area contributed by atoms with Gasteiger partial charge in [-0.25, -0.2) is 9.59 Å². The first kappa shape index (κ1) is 29.7. The zero-order valence-corrected chi connectivity index (χ0v) is 21.5. The Labute approximate surface area is 206 Å². The predicted molar refractivity (Wildman–Crippen MR) is 131 cm³/mol. The molecule has 0 saturated carbocycles. The van der Waals surface area contributed by atoms with Gasteiger partial charge in [0.05, 0.1) is 12.7 Å². The van der Waals surface area contributed by atoms with Crippen LogP contribution in [0.2, 0.25) is 0 Å². The van der Waals surface area contributed by atoms with Crippen molar-refractivity contribution in [1.82, 2.24) is 10.6 Å². The number of rotatable bonds is 4. The first-order valence-corrected chi connectivity index (χ1v) is 12.8. The summed E-state index contributed by atoms with van der Waals surface area (Å²) in [7, 11) is 1.52. The highest BCUT2D eigenvalue weighted by molar-refractivity contribution is 7.98. The molecule has 0 bridgehead atoms. The Balaban J connectivity index is 2.97. The van der Waals surface area contributed by atoms with E-state index in [0.29, 0.717) is 12.2 Å². The number of amides is 2. The highest BCUT2D eigenvalue weighted by Gasteiger charge is 2.24. The minimum Gasteiger partial charge on any atom is -0.464 e. The van der Waals surface area contributed by atoms with Gasteiger partial charge in [-0.05, 0) is 25.4 Å². The summed E-state index contributed by atoms with van der Waals surface area (Å²) >= 11 is 1.57. The number of thioether (sulfide) groups is 1. The fourth-order valence-electron chi connectivity index (χ4n) is 3.11. The minimum absolute atomic E-state index is 0.0129. The van der Waals surface area contributed by atoms with Crippen molar-refractivity contribution in [2.75, 3.05) is 32.3 Å². The molecule has 192 valence electrons. The van der Waals surface area contributed by atoms with Crippen LogP contribution in [0.5, 0.6) is 0 Å². The lowest BCUT2D eigenvalue weighted by Crippen LogP contribution is -2.43. The average Bonchev–Trinajstić information content (AvgIpc) is 2.79. The summed E-state index contributed by atoms with van der Waals surface area (Å²) in [6, 6.07) is -1.53. The third-order valence-electron chi connectivity index (χ3n) is 5.24. The summed E-state index contributed by atoms with van der Waals surface area (Å²) in [4.78, 5) is 49.4. The molecule has 0 radical (unpaired) electrons. The van der Waals surface area contributed by atoms with E-state index in [1.165, 1.54) is 7.11 Å². The molecule has 9 nitrogen and oxygen atoms in total. The van der Waals surface area contributed by atoms with Gasteiger partial charge in [-0.3, -0.25) is 9.59 Å². The van der Waals surface area contributed by atoms with Crippen molar-refractivity contribution < 1.29 is 33.4 Å². The van der Waals surface area contributed by atoms with Crippen LogP contribution in [0.4, 0.5) is 0 Å². The number of cyclic esters (lactones) is 2. The molecule has 1 aliphatic heterocycles. The topological polar surface area (TPSA) is 120 Å². The van der Waals surface area contributed by atoms with Gasteiger partial charge in [0.15, 0.2) is 0 Å². The van der Waals surface area contributed by atoms with E-state index < -0.39 is 30.1 Å². The van der Waals surface area contributed by atoms with Gasteiger partial charge in [-0.1, -0.05) is 38.2 Å². The Morgan fingerprint density at radius 1 is 0.941 bits per heavy atom. The molecule has 0 aromatic rings. The summed E-state index contributed by atoms with van der Waals surface area (Å²) < 4.78 is 16.2. The Morgan fingerprint density at radius 3 is 2.21 bits per heavy atom. The van der Waals surface area contributed by atoms with Gasteiger partial charge in [0.1, 0.15) is 18.7 Å². The number of carbonyl (C=O) groups excluding carboxylic acids is 4. The number of nitrogens with one attached hydrogen (secondary N) is 2. The number of hydrogen-bond acceptors (Lipinski definition) is 8. The fourth-order valence-corrected chi connectivity index (χ4v) is 3.58. The quantitative estimate of drug-likeness (QED) is 0.446. The molecule has 0 unspecified atom stereocenters. The van der Waals surface area contributed by atoms with Gasteiger partial charge < -0.3 is 24.8 Å². The predicted octanol–water partition coefficient (Wildman–Crippen LogP) is 2.01. The lowest BCUT2D eigenvalue weighted by atomic mass is 10.0. The Morgan fingerprint density at radius 2 is 1.56 bits per heavy atom. The molecule has 1 aliphatic rings. The summed E-state index contributed by atoms with van der Waals surface area (Å²) in [5.74, 6) is -1.23. The van der Waals surface area contributed by atoms with Crippen molar-refractivity contribution in [3.05, 3.63) is 24.3 Å². The van der Waals surface area contributed by atoms with E-state index in [1.54, 1.807) is 43.0 Å². The van der Waals surface area contributed by atoms with Crippen LogP contribution in [0.15, 0.2) is 24.3 Å². The van der Waals surface area contributed by atoms with Crippen LogP contribution in [-0.4, -0.2) is 74.3 Å². The zero-order chi connectivity index (χ0) is 25.5. The summed E-state index contributed by atoms with van der Waals surface area (Å²) in [5, 5.41) is 5.36. The van der Waals surface area contributed by atoms with E-state index in [-0.39, 0.29) is 49.7 Å². The van der Waals surface area contributed by atoms with Gasteiger partial charge in [0, 0.05) is 31.8 Å². The fraction of sp³-hybridized carbons (Fsp3) is 0.667. The first-order valence-electron chi connectivity index (χ1n) is 11.4. The normalized spacial score (nSPS) is 30.7. The molecule has 0 aromatic heterocycles. The van der Waals surface area contributed by atoms with Crippen LogP contribution in [-0.2, 0) is 33.4 Å². The van der Waals surface area contributed by atoms with Gasteiger partial charge in [0.2, 0.25) is 11.8 Å². The molecule has 0 aromatic carbocycles. The van der Waals surface area contributed by atoms with E-state index >= 15 is 0 Å². The molecule has 1 rings (SSSR count). The van der Waals surface area contributed by atoms with Gasteiger partial charge in [-0.15, -0.1) is 0 Å². The molecule has 0 spiro atoms. The molecule has 0 fully saturated rings. The first-order chi connectivity index (χ1) is 16.2. The average molecular weight is 499 g/mol. The molecule has 1 heterocycles. The third kappa shape index (κ3) is 11.7. The van der Waals surface area contributed by atoms with Crippen molar-refractivity contribution in [3.63, 3.8) is 0 Å². The highest BCUT2D eigenvalue weighted by Crippen LogP contribution is 2.12. The summed E-state index contributed by atoms with van der Waals surface area (Å²) in [5.41, 5.74) is 0. The van der Waals surface area contributed by atoms with E-state index in [9.17, 15) is 19.2 Å². The number of ether oxygens (including phenoxy) is 3. The Bertz CT molecular complexity index is 741. The maximum Gasteiger partial charge on any atom is 0.328 e. The number of carbonyl (C=O) groups is 4. The molecule has 2 amide bonds. The Hall–Kier alpha value is -2.33. The number of hydrogen-bond donors (Lipinski definition) is 2. The standard InChI is InChI=1S/C24H38N2O7S/c1-16-8-6-10-22(28)26-19(12-13-34-5)24(30)33-15-20(31-4)17(2)9-7-11-21(27)25-18(3)23(29)32-14-16/h6-9,16-20H,10-15H2,1-5H3,(H,25,27)(H,26,28)/b8-6+,9-7+/t16-,17-,18+,19+,20-/m1/s1. The van der Waals surface area contributed by atoms with Crippen LogP contribution in [0, 0.1) is 11.8 Å². The molecule has 34 heavy (non-hydrogen) atoms.